The number of esters is 3. The Morgan fingerprint density at radius 2 is 0.690 bits per heavy atom. The van der Waals surface area contributed by atoms with Gasteiger partial charge in [0.05, 0.1) is 0 Å². The van der Waals surface area contributed by atoms with E-state index < -0.39 is 6.10 Å². The molecule has 0 aromatic heterocycles. The van der Waals surface area contributed by atoms with Crippen LogP contribution in [0.4, 0.5) is 0 Å². The molecule has 6 nitrogen and oxygen atoms in total. The molecule has 0 N–H and O–H groups in total. The maximum atomic E-state index is 12.7. The molecule has 0 saturated heterocycles. The van der Waals surface area contributed by atoms with Crippen molar-refractivity contribution in [3.63, 3.8) is 0 Å². The smallest absolute Gasteiger partial charge is 0.306 e. The van der Waals surface area contributed by atoms with E-state index >= 15 is 0 Å². The van der Waals surface area contributed by atoms with Crippen LogP contribution in [0.3, 0.4) is 0 Å². The van der Waals surface area contributed by atoms with Crippen molar-refractivity contribution < 1.29 is 28.6 Å². The van der Waals surface area contributed by atoms with E-state index in [1.54, 1.807) is 0 Å². The summed E-state index contributed by atoms with van der Waals surface area (Å²) in [5.41, 5.74) is 0. The van der Waals surface area contributed by atoms with Crippen molar-refractivity contribution in [2.24, 2.45) is 0 Å². The SMILES string of the molecule is CC\C=C/C=C\C=C/CCCCCCCCCC(=O)OCC(COC(=O)CCCCCCCCCCCCCC)OC(=O)CCCCC/C=C\CCCCCCCC. The summed E-state index contributed by atoms with van der Waals surface area (Å²) in [6.07, 6.45) is 55.2. The zero-order valence-electron chi connectivity index (χ0n) is 38.3. The molecule has 0 radical (unpaired) electrons. The molecule has 1 atom stereocenters. The predicted molar refractivity (Wildman–Crippen MR) is 247 cm³/mol. The van der Waals surface area contributed by atoms with Gasteiger partial charge in [0.25, 0.3) is 0 Å². The Labute approximate surface area is 358 Å². The molecule has 336 valence electrons. The van der Waals surface area contributed by atoms with E-state index in [0.29, 0.717) is 19.3 Å². The number of unbranched alkanes of at least 4 members (excludes halogenated alkanes) is 27. The average molecular weight is 813 g/mol. The highest BCUT2D eigenvalue weighted by atomic mass is 16.6. The van der Waals surface area contributed by atoms with Gasteiger partial charge in [-0.15, -0.1) is 0 Å². The highest BCUT2D eigenvalue weighted by Gasteiger charge is 2.19. The Morgan fingerprint density at radius 1 is 0.362 bits per heavy atom. The minimum absolute atomic E-state index is 0.0810. The summed E-state index contributed by atoms with van der Waals surface area (Å²) in [5, 5.41) is 0. The number of rotatable bonds is 44. The fourth-order valence-corrected chi connectivity index (χ4v) is 6.91. The van der Waals surface area contributed by atoms with Gasteiger partial charge >= 0.3 is 17.9 Å². The second kappa shape index (κ2) is 47.1. The van der Waals surface area contributed by atoms with Gasteiger partial charge in [0, 0.05) is 19.3 Å². The molecule has 0 rings (SSSR count). The maximum Gasteiger partial charge on any atom is 0.306 e. The van der Waals surface area contributed by atoms with Crippen LogP contribution in [0.15, 0.2) is 48.6 Å². The number of ether oxygens (including phenoxy) is 3. The largest absolute Gasteiger partial charge is 0.462 e. The number of allylic oxidation sites excluding steroid dienone is 8. The molecule has 0 aliphatic heterocycles. The van der Waals surface area contributed by atoms with E-state index in [-0.39, 0.29) is 31.1 Å². The monoisotopic (exact) mass is 813 g/mol. The van der Waals surface area contributed by atoms with Crippen LogP contribution in [-0.4, -0.2) is 37.2 Å². The third-order valence-corrected chi connectivity index (χ3v) is 10.6. The highest BCUT2D eigenvalue weighted by Crippen LogP contribution is 2.15. The van der Waals surface area contributed by atoms with Gasteiger partial charge in [0.15, 0.2) is 6.10 Å². The fraction of sp³-hybridized carbons (Fsp3) is 0.788. The molecule has 0 amide bonds. The van der Waals surface area contributed by atoms with Crippen molar-refractivity contribution in [3.8, 4) is 0 Å². The number of hydrogen-bond acceptors (Lipinski definition) is 6. The van der Waals surface area contributed by atoms with Crippen LogP contribution in [0.5, 0.6) is 0 Å². The molecule has 58 heavy (non-hydrogen) atoms. The van der Waals surface area contributed by atoms with Gasteiger partial charge in [-0.1, -0.05) is 211 Å². The number of hydrogen-bond donors (Lipinski definition) is 0. The Kier molecular flexibility index (Phi) is 44.9. The molecule has 6 heteroatoms. The summed E-state index contributed by atoms with van der Waals surface area (Å²) in [4.78, 5) is 37.9. The van der Waals surface area contributed by atoms with Crippen molar-refractivity contribution in [1.82, 2.24) is 0 Å². The first kappa shape index (κ1) is 55.4. The van der Waals surface area contributed by atoms with Gasteiger partial charge in [-0.2, -0.15) is 0 Å². The lowest BCUT2D eigenvalue weighted by Crippen LogP contribution is -2.30. The van der Waals surface area contributed by atoms with Gasteiger partial charge in [-0.05, 0) is 64.2 Å². The quantitative estimate of drug-likeness (QED) is 0.0200. The molecule has 0 bridgehead atoms. The molecular formula is C52H92O6. The zero-order valence-corrected chi connectivity index (χ0v) is 38.3. The summed E-state index contributed by atoms with van der Waals surface area (Å²) in [7, 11) is 0. The normalized spacial score (nSPS) is 12.4. The fourth-order valence-electron chi connectivity index (χ4n) is 6.91. The van der Waals surface area contributed by atoms with E-state index in [2.05, 4.69) is 69.4 Å². The first-order valence-corrected chi connectivity index (χ1v) is 24.7. The van der Waals surface area contributed by atoms with Crippen LogP contribution in [0.25, 0.3) is 0 Å². The minimum Gasteiger partial charge on any atom is -0.462 e. The van der Waals surface area contributed by atoms with Crippen molar-refractivity contribution in [2.75, 3.05) is 13.2 Å². The Hall–Kier alpha value is -2.63. The standard InChI is InChI=1S/C52H92O6/c1-4-7-10-13-16-19-22-25-26-28-30-33-36-39-42-45-51(54)57-48-49(47-56-50(53)44-41-38-35-32-29-24-21-18-15-12-9-6-3)58-52(55)46-43-40-37-34-31-27-23-20-17-14-11-8-5-2/h7,10,13,16,19,22,27,31,49H,4-6,8-9,11-12,14-15,17-18,20-21,23-26,28-30,32-48H2,1-3H3/b10-7-,16-13-,22-19-,31-27-. The van der Waals surface area contributed by atoms with Crippen LogP contribution < -0.4 is 0 Å². The molecule has 0 aromatic rings. The van der Waals surface area contributed by atoms with E-state index in [0.717, 1.165) is 83.5 Å². The van der Waals surface area contributed by atoms with Crippen LogP contribution >= 0.6 is 0 Å². The van der Waals surface area contributed by atoms with Crippen molar-refractivity contribution in [3.05, 3.63) is 48.6 Å². The van der Waals surface area contributed by atoms with Crippen LogP contribution in [0, 0.1) is 0 Å². The second-order valence-electron chi connectivity index (χ2n) is 16.4. The lowest BCUT2D eigenvalue weighted by Gasteiger charge is -2.18. The van der Waals surface area contributed by atoms with Gasteiger partial charge in [-0.25, -0.2) is 0 Å². The first-order chi connectivity index (χ1) is 28.5. The summed E-state index contributed by atoms with van der Waals surface area (Å²) in [6.45, 7) is 6.48. The Balaban J connectivity index is 4.40. The molecular weight excluding hydrogens is 721 g/mol. The lowest BCUT2D eigenvalue weighted by atomic mass is 10.0. The third kappa shape index (κ3) is 44.5. The van der Waals surface area contributed by atoms with Gasteiger partial charge in [-0.3, -0.25) is 14.4 Å². The molecule has 0 aliphatic carbocycles. The van der Waals surface area contributed by atoms with Crippen LogP contribution in [-0.2, 0) is 28.6 Å². The summed E-state index contributed by atoms with van der Waals surface area (Å²) < 4.78 is 16.7. The zero-order chi connectivity index (χ0) is 42.3. The van der Waals surface area contributed by atoms with E-state index in [4.69, 9.17) is 14.2 Å². The van der Waals surface area contributed by atoms with Crippen molar-refractivity contribution in [2.45, 2.75) is 252 Å². The molecule has 0 saturated carbocycles. The van der Waals surface area contributed by atoms with Gasteiger partial charge in [0.2, 0.25) is 0 Å². The second-order valence-corrected chi connectivity index (χ2v) is 16.4. The predicted octanol–water partition coefficient (Wildman–Crippen LogP) is 15.9. The summed E-state index contributed by atoms with van der Waals surface area (Å²) in [5.74, 6) is -0.906. The van der Waals surface area contributed by atoms with Crippen LogP contribution in [0.1, 0.15) is 245 Å². The van der Waals surface area contributed by atoms with E-state index in [1.165, 1.54) is 122 Å². The number of carbonyl (C=O) groups is 3. The Bertz CT molecular complexity index is 1030. The van der Waals surface area contributed by atoms with E-state index in [1.807, 2.05) is 0 Å². The van der Waals surface area contributed by atoms with Crippen molar-refractivity contribution >= 4 is 17.9 Å². The third-order valence-electron chi connectivity index (χ3n) is 10.6. The molecule has 0 spiro atoms. The van der Waals surface area contributed by atoms with Crippen molar-refractivity contribution in [1.29, 1.82) is 0 Å². The molecule has 0 fully saturated rings. The number of carbonyl (C=O) groups excluding carboxylic acids is 3. The molecule has 0 aromatic carbocycles. The maximum absolute atomic E-state index is 12.7. The van der Waals surface area contributed by atoms with E-state index in [9.17, 15) is 14.4 Å². The van der Waals surface area contributed by atoms with Gasteiger partial charge in [0.1, 0.15) is 13.2 Å². The molecule has 0 heterocycles. The highest BCUT2D eigenvalue weighted by molar-refractivity contribution is 5.71. The Morgan fingerprint density at radius 3 is 1.10 bits per heavy atom. The molecule has 1 unspecified atom stereocenters. The van der Waals surface area contributed by atoms with Gasteiger partial charge < -0.3 is 14.2 Å². The first-order valence-electron chi connectivity index (χ1n) is 24.7. The summed E-state index contributed by atoms with van der Waals surface area (Å²) in [6, 6.07) is 0. The summed E-state index contributed by atoms with van der Waals surface area (Å²) >= 11 is 0. The molecule has 0 aliphatic rings. The average Bonchev–Trinajstić information content (AvgIpc) is 3.22. The van der Waals surface area contributed by atoms with Crippen LogP contribution in [0.2, 0.25) is 0 Å². The minimum atomic E-state index is -0.781. The topological polar surface area (TPSA) is 78.9 Å². The lowest BCUT2D eigenvalue weighted by molar-refractivity contribution is -0.167.